The lowest BCUT2D eigenvalue weighted by Gasteiger charge is -2.45. The minimum Gasteiger partial charge on any atom is -0.469 e. The van der Waals surface area contributed by atoms with Gasteiger partial charge in [-0.2, -0.15) is 0 Å². The first-order valence-electron chi connectivity index (χ1n) is 14.0. The molecule has 1 saturated carbocycles. The zero-order valence-electron chi connectivity index (χ0n) is 22.9. The highest BCUT2D eigenvalue weighted by atomic mass is 35.5. The molecule has 1 amide bonds. The molecule has 2 N–H and O–H groups in total. The Labute approximate surface area is 243 Å². The molecule has 3 aliphatic rings. The van der Waals surface area contributed by atoms with Gasteiger partial charge in [0.1, 0.15) is 23.4 Å². The maximum absolute atomic E-state index is 14.6. The molecule has 1 aliphatic carbocycles. The summed E-state index contributed by atoms with van der Waals surface area (Å²) in [4.78, 5) is 22.1. The number of nitrogens with zero attached hydrogens (tertiary/aromatic N) is 5. The number of halogens is 2. The molecule has 10 nitrogen and oxygen atoms in total. The number of nitrogens with one attached hydrogen (secondary N) is 2. The van der Waals surface area contributed by atoms with E-state index < -0.39 is 5.82 Å². The molecule has 4 heterocycles. The SMILES string of the molecule is CN1CCN([C@H]2C[C@H](C(=O)Nc3cc(Nc4cc(-c5cc(Cl)ccc5F)nnc4OC4CCOC4)ccn3)C2)CC1. The molecular weight excluding hydrogens is 549 g/mol. The molecule has 2 aromatic heterocycles. The minimum absolute atomic E-state index is 0.0189. The van der Waals surface area contributed by atoms with Crippen LogP contribution in [0.1, 0.15) is 19.3 Å². The number of carbonyl (C=O) groups is 1. The number of likely N-dealkylation sites (N-methyl/N-ethyl adjacent to an activating group) is 1. The average Bonchev–Trinajstić information content (AvgIpc) is 3.45. The normalized spacial score (nSPS) is 23.1. The number of anilines is 3. The molecule has 0 spiro atoms. The summed E-state index contributed by atoms with van der Waals surface area (Å²) in [5, 5.41) is 15.1. The van der Waals surface area contributed by atoms with Crippen molar-refractivity contribution in [3.05, 3.63) is 53.4 Å². The van der Waals surface area contributed by atoms with Crippen molar-refractivity contribution in [1.82, 2.24) is 25.0 Å². The Bertz CT molecular complexity index is 1390. The highest BCUT2D eigenvalue weighted by Gasteiger charge is 2.38. The van der Waals surface area contributed by atoms with E-state index >= 15 is 0 Å². The summed E-state index contributed by atoms with van der Waals surface area (Å²) >= 11 is 6.11. The summed E-state index contributed by atoms with van der Waals surface area (Å²) in [7, 11) is 2.14. The molecule has 0 radical (unpaired) electrons. The molecule has 3 fully saturated rings. The number of piperazine rings is 1. The van der Waals surface area contributed by atoms with Crippen LogP contribution in [0.25, 0.3) is 11.3 Å². The zero-order chi connectivity index (χ0) is 28.3. The number of carbonyl (C=O) groups excluding carboxylic acids is 1. The van der Waals surface area contributed by atoms with Gasteiger partial charge in [-0.05, 0) is 50.2 Å². The fourth-order valence-electron chi connectivity index (χ4n) is 5.39. The van der Waals surface area contributed by atoms with Crippen LogP contribution in [0.3, 0.4) is 0 Å². The number of hydrogen-bond donors (Lipinski definition) is 2. The Hall–Kier alpha value is -3.38. The zero-order valence-corrected chi connectivity index (χ0v) is 23.6. The molecule has 1 aromatic carbocycles. The maximum atomic E-state index is 14.6. The van der Waals surface area contributed by atoms with Crippen LogP contribution in [0, 0.1) is 11.7 Å². The molecule has 216 valence electrons. The standard InChI is InChI=1S/C29H33ClFN7O3/c1-37-7-9-38(10-8-37)21-12-18(13-21)28(39)34-27-15-20(4-6-32-27)33-26-16-25(23-14-19(30)2-3-24(23)31)35-36-29(26)41-22-5-11-40-17-22/h2-4,6,14-16,18,21-22H,5,7-13,17H2,1H3,(H2,32,33,34,35,39)/t18-,21-,22?. The molecule has 1 atom stereocenters. The summed E-state index contributed by atoms with van der Waals surface area (Å²) in [5.41, 5.74) is 1.66. The van der Waals surface area contributed by atoms with E-state index in [1.54, 1.807) is 24.4 Å². The number of pyridine rings is 1. The van der Waals surface area contributed by atoms with Gasteiger partial charge in [-0.25, -0.2) is 9.37 Å². The number of hydrogen-bond acceptors (Lipinski definition) is 9. The Morgan fingerprint density at radius 2 is 1.95 bits per heavy atom. The summed E-state index contributed by atoms with van der Waals surface area (Å²) < 4.78 is 26.1. The maximum Gasteiger partial charge on any atom is 0.257 e. The Kier molecular flexibility index (Phi) is 8.29. The van der Waals surface area contributed by atoms with Gasteiger partial charge in [0, 0.05) is 73.1 Å². The van der Waals surface area contributed by atoms with E-state index in [1.165, 1.54) is 18.2 Å². The third kappa shape index (κ3) is 6.59. The van der Waals surface area contributed by atoms with Crippen molar-refractivity contribution in [3.8, 4) is 17.1 Å². The number of amides is 1. The molecular formula is C29H33ClFN7O3. The molecule has 2 saturated heterocycles. The van der Waals surface area contributed by atoms with Crippen molar-refractivity contribution >= 4 is 34.7 Å². The predicted octanol–water partition coefficient (Wildman–Crippen LogP) is 4.21. The summed E-state index contributed by atoms with van der Waals surface area (Å²) in [6.07, 6.45) is 3.91. The second-order valence-corrected chi connectivity index (χ2v) is 11.3. The third-order valence-corrected chi connectivity index (χ3v) is 8.19. The summed E-state index contributed by atoms with van der Waals surface area (Å²) in [6.45, 7) is 5.31. The van der Waals surface area contributed by atoms with Crippen LogP contribution >= 0.6 is 11.6 Å². The fourth-order valence-corrected chi connectivity index (χ4v) is 5.57. The lowest BCUT2D eigenvalue weighted by atomic mass is 9.78. The average molecular weight is 582 g/mol. The van der Waals surface area contributed by atoms with Gasteiger partial charge in [0.25, 0.3) is 5.88 Å². The van der Waals surface area contributed by atoms with E-state index in [1.807, 2.05) is 0 Å². The van der Waals surface area contributed by atoms with Crippen molar-refractivity contribution in [3.63, 3.8) is 0 Å². The van der Waals surface area contributed by atoms with Crippen molar-refractivity contribution in [2.24, 2.45) is 5.92 Å². The van der Waals surface area contributed by atoms with Crippen molar-refractivity contribution in [2.75, 3.05) is 57.1 Å². The van der Waals surface area contributed by atoms with Gasteiger partial charge in [-0.3, -0.25) is 9.69 Å². The van der Waals surface area contributed by atoms with Gasteiger partial charge in [-0.15, -0.1) is 10.2 Å². The Balaban J connectivity index is 1.15. The van der Waals surface area contributed by atoms with E-state index in [0.29, 0.717) is 47.2 Å². The molecule has 0 bridgehead atoms. The van der Waals surface area contributed by atoms with E-state index in [-0.39, 0.29) is 29.4 Å². The van der Waals surface area contributed by atoms with Crippen LogP contribution < -0.4 is 15.4 Å². The fraction of sp³-hybridized carbons (Fsp3) is 0.448. The first kappa shape index (κ1) is 27.8. The quantitative estimate of drug-likeness (QED) is 0.405. The van der Waals surface area contributed by atoms with Gasteiger partial charge in [-0.1, -0.05) is 11.6 Å². The topological polar surface area (TPSA) is 105 Å². The van der Waals surface area contributed by atoms with E-state index in [0.717, 1.165) is 45.4 Å². The molecule has 12 heteroatoms. The van der Waals surface area contributed by atoms with Gasteiger partial charge < -0.3 is 25.0 Å². The van der Waals surface area contributed by atoms with Crippen LogP contribution in [0.4, 0.5) is 21.6 Å². The Morgan fingerprint density at radius 1 is 1.12 bits per heavy atom. The second-order valence-electron chi connectivity index (χ2n) is 10.9. The largest absolute Gasteiger partial charge is 0.469 e. The van der Waals surface area contributed by atoms with Crippen LogP contribution in [0.5, 0.6) is 5.88 Å². The number of rotatable bonds is 8. The lowest BCUT2D eigenvalue weighted by molar-refractivity contribution is -0.124. The monoisotopic (exact) mass is 581 g/mol. The van der Waals surface area contributed by atoms with E-state index in [2.05, 4.69) is 42.7 Å². The summed E-state index contributed by atoms with van der Waals surface area (Å²) in [5.74, 6) is 0.199. The smallest absolute Gasteiger partial charge is 0.257 e. The second kappa shape index (κ2) is 12.2. The number of aromatic nitrogens is 3. The number of benzene rings is 1. The Morgan fingerprint density at radius 3 is 2.73 bits per heavy atom. The minimum atomic E-state index is -0.465. The van der Waals surface area contributed by atoms with Gasteiger partial charge in [0.05, 0.1) is 18.9 Å². The van der Waals surface area contributed by atoms with Crippen molar-refractivity contribution in [1.29, 1.82) is 0 Å². The number of ether oxygens (including phenoxy) is 2. The summed E-state index contributed by atoms with van der Waals surface area (Å²) in [6, 6.07) is 9.93. The van der Waals surface area contributed by atoms with Gasteiger partial charge in [0.2, 0.25) is 5.91 Å². The van der Waals surface area contributed by atoms with Crippen molar-refractivity contribution in [2.45, 2.75) is 31.4 Å². The first-order chi connectivity index (χ1) is 19.9. The highest BCUT2D eigenvalue weighted by molar-refractivity contribution is 6.30. The molecule has 1 unspecified atom stereocenters. The van der Waals surface area contributed by atoms with Crippen LogP contribution in [0.2, 0.25) is 5.02 Å². The van der Waals surface area contributed by atoms with Gasteiger partial charge in [0.15, 0.2) is 0 Å². The van der Waals surface area contributed by atoms with Gasteiger partial charge >= 0.3 is 0 Å². The van der Waals surface area contributed by atoms with Crippen LogP contribution in [-0.4, -0.2) is 89.5 Å². The van der Waals surface area contributed by atoms with E-state index in [4.69, 9.17) is 21.1 Å². The first-order valence-corrected chi connectivity index (χ1v) is 14.3. The third-order valence-electron chi connectivity index (χ3n) is 7.96. The highest BCUT2D eigenvalue weighted by Crippen LogP contribution is 2.35. The lowest BCUT2D eigenvalue weighted by Crippen LogP contribution is -2.54. The molecule has 3 aromatic rings. The molecule has 6 rings (SSSR count). The molecule has 2 aliphatic heterocycles. The van der Waals surface area contributed by atoms with E-state index in [9.17, 15) is 9.18 Å². The van der Waals surface area contributed by atoms with Crippen LogP contribution in [0.15, 0.2) is 42.6 Å². The molecule has 41 heavy (non-hydrogen) atoms. The van der Waals surface area contributed by atoms with Crippen molar-refractivity contribution < 1.29 is 18.7 Å². The van der Waals surface area contributed by atoms with Crippen LogP contribution in [-0.2, 0) is 9.53 Å². The predicted molar refractivity (Wildman–Crippen MR) is 154 cm³/mol.